The summed E-state index contributed by atoms with van der Waals surface area (Å²) < 4.78 is 1.45. The molecule has 5 rings (SSSR count). The maximum absolute atomic E-state index is 13.2. The van der Waals surface area contributed by atoms with Crippen LogP contribution in [0.1, 0.15) is 26.5 Å². The number of aromatic nitrogens is 5. The molecule has 3 aromatic heterocycles. The van der Waals surface area contributed by atoms with Crippen molar-refractivity contribution in [2.75, 3.05) is 26.2 Å². The van der Waals surface area contributed by atoms with Gasteiger partial charge >= 0.3 is 0 Å². The van der Waals surface area contributed by atoms with E-state index in [-0.39, 0.29) is 30.3 Å². The van der Waals surface area contributed by atoms with E-state index in [0.717, 1.165) is 0 Å². The zero-order valence-electron chi connectivity index (χ0n) is 18.8. The number of pyridine rings is 1. The van der Waals surface area contributed by atoms with Crippen molar-refractivity contribution in [3.63, 3.8) is 0 Å². The Morgan fingerprint density at radius 3 is 2.40 bits per heavy atom. The van der Waals surface area contributed by atoms with Crippen molar-refractivity contribution < 1.29 is 19.2 Å². The summed E-state index contributed by atoms with van der Waals surface area (Å²) in [5.74, 6) is 4.98. The minimum Gasteiger partial charge on any atom is -0.409 e. The fourth-order valence-corrected chi connectivity index (χ4v) is 4.13. The molecule has 1 fully saturated rings. The van der Waals surface area contributed by atoms with Crippen molar-refractivity contribution in [3.05, 3.63) is 66.0 Å². The number of hydrogen-bond acceptors (Lipinski definition) is 8. The Balaban J connectivity index is 1.37. The molecule has 12 nitrogen and oxygen atoms in total. The number of rotatable bonds is 5. The maximum atomic E-state index is 13.2. The van der Waals surface area contributed by atoms with E-state index in [9.17, 15) is 14.4 Å². The lowest BCUT2D eigenvalue weighted by atomic mass is 10.1. The molecule has 0 atom stereocenters. The van der Waals surface area contributed by atoms with Crippen molar-refractivity contribution in [3.8, 4) is 11.6 Å². The Kier molecular flexibility index (Phi) is 5.71. The number of carbonyl (C=O) groups is 3. The van der Waals surface area contributed by atoms with Crippen LogP contribution in [0.25, 0.3) is 16.7 Å². The summed E-state index contributed by atoms with van der Waals surface area (Å²) in [6.07, 6.45) is 4.28. The molecule has 0 aliphatic carbocycles. The van der Waals surface area contributed by atoms with Crippen LogP contribution in [-0.2, 0) is 4.79 Å². The largest absolute Gasteiger partial charge is 0.409 e. The highest BCUT2D eigenvalue weighted by Gasteiger charge is 2.31. The van der Waals surface area contributed by atoms with Gasteiger partial charge in [0.15, 0.2) is 11.6 Å². The van der Waals surface area contributed by atoms with E-state index in [0.29, 0.717) is 41.2 Å². The number of carbonyl (C=O) groups excluding carboxylic acids is 3. The number of Topliss-reactive ketones (excluding diaryl/α,β-unsaturated/α-hetero) is 1. The van der Waals surface area contributed by atoms with Crippen LogP contribution in [0.2, 0.25) is 0 Å². The minimum absolute atomic E-state index is 0.103. The van der Waals surface area contributed by atoms with Crippen molar-refractivity contribution in [1.29, 1.82) is 0 Å². The fraction of sp³-hybridized carbons (Fsp3) is 0.217. The van der Waals surface area contributed by atoms with Gasteiger partial charge in [0.05, 0.1) is 22.7 Å². The van der Waals surface area contributed by atoms with E-state index in [1.165, 1.54) is 28.3 Å². The molecule has 4 aromatic rings. The summed E-state index contributed by atoms with van der Waals surface area (Å²) in [4.78, 5) is 58.4. The molecule has 12 heteroatoms. The quantitative estimate of drug-likeness (QED) is 0.246. The van der Waals surface area contributed by atoms with Gasteiger partial charge < -0.3 is 19.6 Å². The zero-order chi connectivity index (χ0) is 24.5. The number of fused-ring (bicyclic) bond motifs is 1. The van der Waals surface area contributed by atoms with Crippen LogP contribution in [0.4, 0.5) is 0 Å². The summed E-state index contributed by atoms with van der Waals surface area (Å²) in [5, 5.41) is 4.57. The van der Waals surface area contributed by atoms with Crippen molar-refractivity contribution >= 4 is 28.5 Å². The van der Waals surface area contributed by atoms with Gasteiger partial charge in [0, 0.05) is 37.9 Å². The number of aromatic amines is 1. The number of nitrogens with zero attached hydrogens (tertiary/aromatic N) is 6. The number of H-pyrrole nitrogens is 1. The molecule has 0 unspecified atom stereocenters. The Hall–Kier alpha value is -4.58. The third-order valence-corrected chi connectivity index (χ3v) is 5.92. The molecule has 4 heterocycles. The highest BCUT2D eigenvalue weighted by atomic mass is 16.6. The second-order valence-corrected chi connectivity index (χ2v) is 8.03. The number of nitrogens with one attached hydrogen (secondary N) is 1. The Labute approximate surface area is 199 Å². The number of benzene rings is 1. The average Bonchev–Trinajstić information content (AvgIpc) is 3.54. The normalized spacial score (nSPS) is 13.8. The Morgan fingerprint density at radius 1 is 1.03 bits per heavy atom. The number of aryl methyl sites for hydroxylation is 1. The molecule has 35 heavy (non-hydrogen) atoms. The predicted octanol–water partition coefficient (Wildman–Crippen LogP) is 0.872. The van der Waals surface area contributed by atoms with Gasteiger partial charge in [-0.05, 0) is 19.1 Å². The predicted molar refractivity (Wildman–Crippen MR) is 124 cm³/mol. The van der Waals surface area contributed by atoms with Gasteiger partial charge in [0.1, 0.15) is 12.2 Å². The molecule has 1 aliphatic heterocycles. The number of ketones is 1. The zero-order valence-corrected chi connectivity index (χ0v) is 18.8. The van der Waals surface area contributed by atoms with Gasteiger partial charge in [-0.2, -0.15) is 11.0 Å². The lowest BCUT2D eigenvalue weighted by Gasteiger charge is -2.34. The van der Waals surface area contributed by atoms with Crippen LogP contribution >= 0.6 is 0 Å². The Bertz CT molecular complexity index is 1420. The molecule has 0 saturated carbocycles. The molecule has 3 N–H and O–H groups in total. The number of nitrogens with two attached hydrogens (primary N) is 1. The van der Waals surface area contributed by atoms with E-state index in [4.69, 9.17) is 10.7 Å². The fourth-order valence-electron chi connectivity index (χ4n) is 4.13. The lowest BCUT2D eigenvalue weighted by molar-refractivity contribution is -0.127. The average molecular weight is 474 g/mol. The molecule has 0 bridgehead atoms. The molecule has 2 amide bonds. The van der Waals surface area contributed by atoms with Crippen molar-refractivity contribution in [1.82, 2.24) is 34.5 Å². The second kappa shape index (κ2) is 8.99. The third-order valence-electron chi connectivity index (χ3n) is 5.92. The van der Waals surface area contributed by atoms with Crippen LogP contribution < -0.4 is 10.7 Å². The SMILES string of the molecule is Cc1ncn(-c2ncc(ON)c3c(C(=O)C(=O)N4CCN(C(=O)c5ccccc5)CC4)c[nH]c23)n1. The highest BCUT2D eigenvalue weighted by Crippen LogP contribution is 2.31. The minimum atomic E-state index is -0.718. The van der Waals surface area contributed by atoms with Gasteiger partial charge in [-0.3, -0.25) is 14.4 Å². The van der Waals surface area contributed by atoms with Crippen LogP contribution in [0, 0.1) is 6.92 Å². The second-order valence-electron chi connectivity index (χ2n) is 8.03. The molecule has 1 aromatic carbocycles. The van der Waals surface area contributed by atoms with E-state index in [1.807, 2.05) is 6.07 Å². The Morgan fingerprint density at radius 2 is 1.74 bits per heavy atom. The molecule has 0 spiro atoms. The van der Waals surface area contributed by atoms with Gasteiger partial charge in [-0.25, -0.2) is 14.6 Å². The number of piperazine rings is 1. The first-order valence-corrected chi connectivity index (χ1v) is 10.9. The van der Waals surface area contributed by atoms with Crippen LogP contribution in [0.5, 0.6) is 5.75 Å². The van der Waals surface area contributed by atoms with E-state index in [1.54, 1.807) is 36.1 Å². The maximum Gasteiger partial charge on any atom is 0.295 e. The monoisotopic (exact) mass is 474 g/mol. The third kappa shape index (κ3) is 3.99. The summed E-state index contributed by atoms with van der Waals surface area (Å²) in [5.41, 5.74) is 1.12. The molecule has 1 saturated heterocycles. The number of amides is 2. The summed E-state index contributed by atoms with van der Waals surface area (Å²) >= 11 is 0. The van der Waals surface area contributed by atoms with Crippen LogP contribution in [0.15, 0.2) is 49.1 Å². The smallest absolute Gasteiger partial charge is 0.295 e. The van der Waals surface area contributed by atoms with Crippen molar-refractivity contribution in [2.45, 2.75) is 6.92 Å². The highest BCUT2D eigenvalue weighted by molar-refractivity contribution is 6.45. The van der Waals surface area contributed by atoms with E-state index < -0.39 is 11.7 Å². The van der Waals surface area contributed by atoms with Crippen molar-refractivity contribution in [2.24, 2.45) is 5.90 Å². The van der Waals surface area contributed by atoms with Gasteiger partial charge in [0.25, 0.3) is 17.6 Å². The van der Waals surface area contributed by atoms with E-state index in [2.05, 4.69) is 20.1 Å². The van der Waals surface area contributed by atoms with Gasteiger partial charge in [-0.15, -0.1) is 0 Å². The first-order chi connectivity index (χ1) is 17.0. The topological polar surface area (TPSA) is 152 Å². The van der Waals surface area contributed by atoms with Gasteiger partial charge in [0.2, 0.25) is 0 Å². The summed E-state index contributed by atoms with van der Waals surface area (Å²) in [6, 6.07) is 8.95. The first kappa shape index (κ1) is 22.2. The molecule has 1 aliphatic rings. The standard InChI is InChI=1S/C23H22N8O4/c1-14-27-13-31(28-14)21-19-18(17(35-24)12-26-21)16(11-25-19)20(32)23(34)30-9-7-29(8-10-30)22(33)15-5-3-2-4-6-15/h2-6,11-13,25H,7-10,24H2,1H3. The number of hydrogen-bond donors (Lipinski definition) is 2. The lowest BCUT2D eigenvalue weighted by Crippen LogP contribution is -2.52. The molecular formula is C23H22N8O4. The molecule has 0 radical (unpaired) electrons. The van der Waals surface area contributed by atoms with Crippen LogP contribution in [0.3, 0.4) is 0 Å². The van der Waals surface area contributed by atoms with E-state index >= 15 is 0 Å². The summed E-state index contributed by atoms with van der Waals surface area (Å²) in [6.45, 7) is 2.89. The first-order valence-electron chi connectivity index (χ1n) is 10.9. The molecular weight excluding hydrogens is 452 g/mol. The van der Waals surface area contributed by atoms with Gasteiger partial charge in [-0.1, -0.05) is 18.2 Å². The molecule has 178 valence electrons. The van der Waals surface area contributed by atoms with Crippen LogP contribution in [-0.4, -0.2) is 78.3 Å². The summed E-state index contributed by atoms with van der Waals surface area (Å²) in [7, 11) is 0.